The fourth-order valence-corrected chi connectivity index (χ4v) is 5.05. The Kier molecular flexibility index (Phi) is 6.65. The van der Waals surface area contributed by atoms with Crippen LogP contribution in [-0.4, -0.2) is 74.4 Å². The lowest BCUT2D eigenvalue weighted by atomic mass is 10.0. The van der Waals surface area contributed by atoms with Gasteiger partial charge in [-0.1, -0.05) is 0 Å². The summed E-state index contributed by atoms with van der Waals surface area (Å²) in [5.41, 5.74) is 0. The molecule has 9 nitrogen and oxygen atoms in total. The minimum absolute atomic E-state index is 0.0626. The highest BCUT2D eigenvalue weighted by Crippen LogP contribution is 2.29. The molecular formula is C18H21F3N2O7S. The van der Waals surface area contributed by atoms with Gasteiger partial charge in [0.05, 0.1) is 11.5 Å². The van der Waals surface area contributed by atoms with Gasteiger partial charge in [0, 0.05) is 19.1 Å². The Hall–Kier alpha value is -2.54. The second kappa shape index (κ2) is 8.91. The third-order valence-corrected chi connectivity index (χ3v) is 6.89. The maximum Gasteiger partial charge on any atom is 0.573 e. The van der Waals surface area contributed by atoms with Gasteiger partial charge in [-0.2, -0.15) is 4.31 Å². The second-order valence-corrected chi connectivity index (χ2v) is 8.84. The van der Waals surface area contributed by atoms with Crippen molar-refractivity contribution < 1.29 is 45.4 Å². The second-order valence-electron chi connectivity index (χ2n) is 6.91. The van der Waals surface area contributed by atoms with Gasteiger partial charge in [-0.05, 0) is 44.0 Å². The maximum absolute atomic E-state index is 12.8. The SMILES string of the molecule is CCOC(=O)[C@@H]1COC(=O)N1C1CCN(S(=O)(=O)c2ccc(OC(F)(F)F)cc2)CC1. The third kappa shape index (κ3) is 5.21. The van der Waals surface area contributed by atoms with E-state index in [-0.39, 0.29) is 44.0 Å². The average Bonchev–Trinajstić information content (AvgIpc) is 3.09. The number of hydrogen-bond donors (Lipinski definition) is 0. The van der Waals surface area contributed by atoms with Gasteiger partial charge < -0.3 is 14.2 Å². The summed E-state index contributed by atoms with van der Waals surface area (Å²) in [5, 5.41) is 0. The van der Waals surface area contributed by atoms with Crippen molar-refractivity contribution in [1.82, 2.24) is 9.21 Å². The number of cyclic esters (lactones) is 1. The van der Waals surface area contributed by atoms with E-state index in [4.69, 9.17) is 9.47 Å². The lowest BCUT2D eigenvalue weighted by Crippen LogP contribution is -2.52. The highest BCUT2D eigenvalue weighted by molar-refractivity contribution is 7.89. The Morgan fingerprint density at radius 2 is 1.81 bits per heavy atom. The molecule has 2 heterocycles. The molecule has 2 aliphatic heterocycles. The smallest absolute Gasteiger partial charge is 0.464 e. The molecule has 0 aromatic heterocycles. The van der Waals surface area contributed by atoms with Crippen LogP contribution >= 0.6 is 0 Å². The van der Waals surface area contributed by atoms with Crippen LogP contribution in [0, 0.1) is 0 Å². The summed E-state index contributed by atoms with van der Waals surface area (Å²) >= 11 is 0. The van der Waals surface area contributed by atoms with Crippen LogP contribution in [-0.2, 0) is 24.3 Å². The Morgan fingerprint density at radius 3 is 2.35 bits per heavy atom. The number of esters is 1. The summed E-state index contributed by atoms with van der Waals surface area (Å²) in [4.78, 5) is 25.3. The molecular weight excluding hydrogens is 445 g/mol. The number of sulfonamides is 1. The number of carbonyl (C=O) groups is 2. The zero-order chi connectivity index (χ0) is 22.8. The van der Waals surface area contributed by atoms with Crippen LogP contribution in [0.2, 0.25) is 0 Å². The molecule has 0 spiro atoms. The van der Waals surface area contributed by atoms with Crippen molar-refractivity contribution in [3.05, 3.63) is 24.3 Å². The molecule has 1 atom stereocenters. The zero-order valence-electron chi connectivity index (χ0n) is 16.5. The van der Waals surface area contributed by atoms with Gasteiger partial charge in [-0.15, -0.1) is 13.2 Å². The summed E-state index contributed by atoms with van der Waals surface area (Å²) in [5.74, 6) is -1.10. The van der Waals surface area contributed by atoms with E-state index < -0.39 is 46.3 Å². The standard InChI is InChI=1S/C18H21F3N2O7S/c1-2-28-16(24)15-11-29-17(25)23(15)12-7-9-22(10-8-12)31(26,27)14-5-3-13(4-6-14)30-18(19,20)21/h3-6,12,15H,2,7-11H2,1H3/t15-/m0/s1. The molecule has 0 bridgehead atoms. The van der Waals surface area contributed by atoms with Gasteiger partial charge >= 0.3 is 18.4 Å². The summed E-state index contributed by atoms with van der Waals surface area (Å²) < 4.78 is 77.3. The number of rotatable bonds is 6. The van der Waals surface area contributed by atoms with Crippen molar-refractivity contribution in [2.75, 3.05) is 26.3 Å². The number of alkyl halides is 3. The molecule has 2 fully saturated rings. The van der Waals surface area contributed by atoms with E-state index in [2.05, 4.69) is 4.74 Å². The molecule has 2 saturated heterocycles. The molecule has 3 rings (SSSR count). The monoisotopic (exact) mass is 466 g/mol. The first kappa shape index (κ1) is 23.1. The summed E-state index contributed by atoms with van der Waals surface area (Å²) in [6.45, 7) is 1.80. The summed E-state index contributed by atoms with van der Waals surface area (Å²) in [7, 11) is -3.95. The molecule has 1 aromatic carbocycles. The Balaban J connectivity index is 1.65. The number of carbonyl (C=O) groups excluding carboxylic acids is 2. The lowest BCUT2D eigenvalue weighted by molar-refractivity contribution is -0.274. The van der Waals surface area contributed by atoms with Gasteiger partial charge in [0.1, 0.15) is 12.4 Å². The Morgan fingerprint density at radius 1 is 1.19 bits per heavy atom. The van der Waals surface area contributed by atoms with E-state index in [9.17, 15) is 31.2 Å². The van der Waals surface area contributed by atoms with Crippen LogP contribution in [0.5, 0.6) is 5.75 Å². The van der Waals surface area contributed by atoms with E-state index in [1.54, 1.807) is 6.92 Å². The van der Waals surface area contributed by atoms with Crippen LogP contribution < -0.4 is 4.74 Å². The Bertz CT molecular complexity index is 913. The number of amides is 1. The molecule has 0 radical (unpaired) electrons. The van der Waals surface area contributed by atoms with Crippen LogP contribution in [0.3, 0.4) is 0 Å². The Labute approximate surface area is 176 Å². The first-order valence-electron chi connectivity index (χ1n) is 9.50. The van der Waals surface area contributed by atoms with Crippen molar-refractivity contribution in [2.24, 2.45) is 0 Å². The average molecular weight is 466 g/mol. The van der Waals surface area contributed by atoms with E-state index in [0.29, 0.717) is 0 Å². The predicted octanol–water partition coefficient (Wildman–Crippen LogP) is 2.12. The maximum atomic E-state index is 12.8. The zero-order valence-corrected chi connectivity index (χ0v) is 17.3. The first-order valence-corrected chi connectivity index (χ1v) is 10.9. The van der Waals surface area contributed by atoms with E-state index in [1.165, 1.54) is 9.21 Å². The fourth-order valence-electron chi connectivity index (χ4n) is 3.58. The first-order chi connectivity index (χ1) is 14.5. The molecule has 0 aliphatic carbocycles. The van der Waals surface area contributed by atoms with E-state index in [0.717, 1.165) is 24.3 Å². The minimum atomic E-state index is -4.87. The van der Waals surface area contributed by atoms with Gasteiger partial charge in [-0.3, -0.25) is 4.90 Å². The molecule has 172 valence electrons. The molecule has 0 saturated carbocycles. The molecule has 1 aromatic rings. The van der Waals surface area contributed by atoms with Gasteiger partial charge in [0.2, 0.25) is 10.0 Å². The highest BCUT2D eigenvalue weighted by atomic mass is 32.2. The normalized spacial score (nSPS) is 21.1. The number of piperidine rings is 1. The van der Waals surface area contributed by atoms with Crippen LogP contribution in [0.1, 0.15) is 19.8 Å². The van der Waals surface area contributed by atoms with Gasteiger partial charge in [-0.25, -0.2) is 18.0 Å². The van der Waals surface area contributed by atoms with Crippen LogP contribution in [0.4, 0.5) is 18.0 Å². The molecule has 1 amide bonds. The summed E-state index contributed by atoms with van der Waals surface area (Å²) in [6.07, 6.45) is -5.00. The van der Waals surface area contributed by atoms with E-state index >= 15 is 0 Å². The minimum Gasteiger partial charge on any atom is -0.464 e. The fraction of sp³-hybridized carbons (Fsp3) is 0.556. The third-order valence-electron chi connectivity index (χ3n) is 4.98. The quantitative estimate of drug-likeness (QED) is 0.592. The van der Waals surface area contributed by atoms with Crippen molar-refractivity contribution >= 4 is 22.1 Å². The number of halogens is 3. The molecule has 0 N–H and O–H groups in total. The van der Waals surface area contributed by atoms with Gasteiger partial charge in [0.25, 0.3) is 0 Å². The van der Waals surface area contributed by atoms with Crippen LogP contribution in [0.15, 0.2) is 29.2 Å². The number of nitrogens with zero attached hydrogens (tertiary/aromatic N) is 2. The molecule has 31 heavy (non-hydrogen) atoms. The van der Waals surface area contributed by atoms with E-state index in [1.807, 2.05) is 0 Å². The van der Waals surface area contributed by atoms with Crippen molar-refractivity contribution in [1.29, 1.82) is 0 Å². The molecule has 0 unspecified atom stereocenters. The van der Waals surface area contributed by atoms with Crippen molar-refractivity contribution in [3.8, 4) is 5.75 Å². The number of benzene rings is 1. The lowest BCUT2D eigenvalue weighted by Gasteiger charge is -2.36. The summed E-state index contributed by atoms with van der Waals surface area (Å²) in [6, 6.07) is 2.66. The largest absolute Gasteiger partial charge is 0.573 e. The van der Waals surface area contributed by atoms with Crippen LogP contribution in [0.25, 0.3) is 0 Å². The molecule has 2 aliphatic rings. The molecule has 13 heteroatoms. The highest BCUT2D eigenvalue weighted by Gasteiger charge is 2.45. The van der Waals surface area contributed by atoms with Crippen molar-refractivity contribution in [2.45, 2.75) is 43.1 Å². The van der Waals surface area contributed by atoms with Gasteiger partial charge in [0.15, 0.2) is 6.04 Å². The van der Waals surface area contributed by atoms with Crippen molar-refractivity contribution in [3.63, 3.8) is 0 Å². The predicted molar refractivity (Wildman–Crippen MR) is 98.5 cm³/mol. The number of ether oxygens (including phenoxy) is 3. The number of hydrogen-bond acceptors (Lipinski definition) is 7. The topological polar surface area (TPSA) is 102 Å².